The first-order valence-electron chi connectivity index (χ1n) is 7.83. The van der Waals surface area contributed by atoms with Crippen LogP contribution in [0, 0.1) is 0 Å². The number of hydrogen-bond acceptors (Lipinski definition) is 5. The fraction of sp³-hybridized carbons (Fsp3) is 0.438. The standard InChI is InChI=1S/C16H18N4O3/c1-10(15-19-18-14-7-4-8-20(14)15)17-16(21)13-9-22-11-5-2-3-6-12(11)23-13/h2-3,5-6,10,13H,4,7-9H2,1H3,(H,17,21)/t10-,13+/m0/s1. The van der Waals surface area contributed by atoms with Crippen molar-refractivity contribution in [1.82, 2.24) is 20.1 Å². The van der Waals surface area contributed by atoms with Crippen LogP contribution in [-0.2, 0) is 17.8 Å². The number of para-hydroxylation sites is 2. The molecule has 4 rings (SSSR count). The van der Waals surface area contributed by atoms with Gasteiger partial charge in [-0.1, -0.05) is 12.1 Å². The molecule has 3 heterocycles. The van der Waals surface area contributed by atoms with Gasteiger partial charge in [0.15, 0.2) is 17.3 Å². The number of aryl methyl sites for hydroxylation is 1. The molecule has 1 amide bonds. The van der Waals surface area contributed by atoms with E-state index in [2.05, 4.69) is 20.1 Å². The van der Waals surface area contributed by atoms with Gasteiger partial charge in [-0.25, -0.2) is 0 Å². The number of carbonyl (C=O) groups excluding carboxylic acids is 1. The number of carbonyl (C=O) groups is 1. The summed E-state index contributed by atoms with van der Waals surface area (Å²) in [6.45, 7) is 3.02. The Morgan fingerprint density at radius 1 is 1.35 bits per heavy atom. The molecule has 0 saturated heterocycles. The zero-order valence-electron chi connectivity index (χ0n) is 12.9. The van der Waals surface area contributed by atoms with Crippen LogP contribution >= 0.6 is 0 Å². The number of nitrogens with one attached hydrogen (secondary N) is 1. The minimum atomic E-state index is -0.659. The van der Waals surface area contributed by atoms with Crippen LogP contribution in [0.5, 0.6) is 11.5 Å². The van der Waals surface area contributed by atoms with Crippen LogP contribution in [0.4, 0.5) is 0 Å². The molecule has 1 aromatic carbocycles. The lowest BCUT2D eigenvalue weighted by Crippen LogP contribution is -2.45. The van der Waals surface area contributed by atoms with Crippen molar-refractivity contribution >= 4 is 5.91 Å². The molecule has 23 heavy (non-hydrogen) atoms. The molecule has 7 nitrogen and oxygen atoms in total. The first-order valence-corrected chi connectivity index (χ1v) is 7.83. The largest absolute Gasteiger partial charge is 0.485 e. The lowest BCUT2D eigenvalue weighted by molar-refractivity contribution is -0.131. The van der Waals surface area contributed by atoms with Crippen LogP contribution in [0.2, 0.25) is 0 Å². The Morgan fingerprint density at radius 2 is 2.17 bits per heavy atom. The third-order valence-corrected chi connectivity index (χ3v) is 4.19. The van der Waals surface area contributed by atoms with Crippen LogP contribution in [0.3, 0.4) is 0 Å². The van der Waals surface area contributed by atoms with Crippen molar-refractivity contribution in [3.8, 4) is 11.5 Å². The molecule has 2 atom stereocenters. The van der Waals surface area contributed by atoms with Crippen LogP contribution < -0.4 is 14.8 Å². The quantitative estimate of drug-likeness (QED) is 0.922. The van der Waals surface area contributed by atoms with Gasteiger partial charge in [0.2, 0.25) is 6.10 Å². The number of hydrogen-bond donors (Lipinski definition) is 1. The zero-order valence-corrected chi connectivity index (χ0v) is 12.9. The zero-order chi connectivity index (χ0) is 15.8. The van der Waals surface area contributed by atoms with E-state index in [1.54, 1.807) is 6.07 Å². The van der Waals surface area contributed by atoms with Gasteiger partial charge in [-0.2, -0.15) is 0 Å². The average molecular weight is 314 g/mol. The van der Waals surface area contributed by atoms with E-state index in [0.717, 1.165) is 31.0 Å². The number of amides is 1. The molecule has 2 aromatic rings. The summed E-state index contributed by atoms with van der Waals surface area (Å²) >= 11 is 0. The van der Waals surface area contributed by atoms with Gasteiger partial charge in [-0.3, -0.25) is 4.79 Å². The highest BCUT2D eigenvalue weighted by molar-refractivity contribution is 5.82. The summed E-state index contributed by atoms with van der Waals surface area (Å²) in [5, 5.41) is 11.3. The molecule has 7 heteroatoms. The Kier molecular flexibility index (Phi) is 3.40. The SMILES string of the molecule is C[C@H](NC(=O)[C@H]1COc2ccccc2O1)c1nnc2n1CCC2. The van der Waals surface area contributed by atoms with Crippen molar-refractivity contribution in [2.75, 3.05) is 6.61 Å². The molecule has 120 valence electrons. The van der Waals surface area contributed by atoms with Crippen LogP contribution in [-0.4, -0.2) is 33.4 Å². The monoisotopic (exact) mass is 314 g/mol. The average Bonchev–Trinajstić information content (AvgIpc) is 3.17. The Labute approximate surface area is 133 Å². The number of ether oxygens (including phenoxy) is 2. The number of rotatable bonds is 3. The summed E-state index contributed by atoms with van der Waals surface area (Å²) in [5.41, 5.74) is 0. The number of benzene rings is 1. The molecule has 2 aliphatic rings. The summed E-state index contributed by atoms with van der Waals surface area (Å²) in [6, 6.07) is 7.12. The van der Waals surface area contributed by atoms with Crippen molar-refractivity contribution in [2.24, 2.45) is 0 Å². The fourth-order valence-corrected chi connectivity index (χ4v) is 3.01. The van der Waals surface area contributed by atoms with Crippen LogP contribution in [0.15, 0.2) is 24.3 Å². The summed E-state index contributed by atoms with van der Waals surface area (Å²) in [7, 11) is 0. The highest BCUT2D eigenvalue weighted by Crippen LogP contribution is 2.31. The van der Waals surface area contributed by atoms with E-state index in [1.165, 1.54) is 0 Å². The minimum absolute atomic E-state index is 0.202. The minimum Gasteiger partial charge on any atom is -0.485 e. The van der Waals surface area contributed by atoms with Crippen molar-refractivity contribution < 1.29 is 14.3 Å². The number of fused-ring (bicyclic) bond motifs is 2. The molecule has 0 fully saturated rings. The summed E-state index contributed by atoms with van der Waals surface area (Å²) in [4.78, 5) is 12.4. The van der Waals surface area contributed by atoms with Crippen molar-refractivity contribution in [2.45, 2.75) is 38.5 Å². The smallest absolute Gasteiger partial charge is 0.265 e. The molecule has 0 spiro atoms. The van der Waals surface area contributed by atoms with Gasteiger partial charge in [0.1, 0.15) is 12.4 Å². The first-order chi connectivity index (χ1) is 11.2. The number of aromatic nitrogens is 3. The van der Waals surface area contributed by atoms with Gasteiger partial charge in [0.05, 0.1) is 6.04 Å². The van der Waals surface area contributed by atoms with E-state index in [-0.39, 0.29) is 18.6 Å². The van der Waals surface area contributed by atoms with Crippen molar-refractivity contribution in [3.05, 3.63) is 35.9 Å². The Morgan fingerprint density at radius 3 is 3.04 bits per heavy atom. The maximum Gasteiger partial charge on any atom is 0.265 e. The van der Waals surface area contributed by atoms with Gasteiger partial charge in [-0.15, -0.1) is 10.2 Å². The third kappa shape index (κ3) is 2.52. The summed E-state index contributed by atoms with van der Waals surface area (Å²) < 4.78 is 13.4. The predicted octanol–water partition coefficient (Wildman–Crippen LogP) is 1.24. The van der Waals surface area contributed by atoms with Crippen molar-refractivity contribution in [3.63, 3.8) is 0 Å². The van der Waals surface area contributed by atoms with E-state index >= 15 is 0 Å². The highest BCUT2D eigenvalue weighted by Gasteiger charge is 2.30. The third-order valence-electron chi connectivity index (χ3n) is 4.19. The van der Waals surface area contributed by atoms with E-state index in [4.69, 9.17) is 9.47 Å². The second kappa shape index (κ2) is 5.57. The summed E-state index contributed by atoms with van der Waals surface area (Å²) in [5.74, 6) is 2.84. The van der Waals surface area contributed by atoms with Crippen LogP contribution in [0.1, 0.15) is 31.0 Å². The molecule has 1 aromatic heterocycles. The fourth-order valence-electron chi connectivity index (χ4n) is 3.01. The van der Waals surface area contributed by atoms with Gasteiger partial charge >= 0.3 is 0 Å². The second-order valence-corrected chi connectivity index (χ2v) is 5.82. The lowest BCUT2D eigenvalue weighted by atomic mass is 10.2. The highest BCUT2D eigenvalue weighted by atomic mass is 16.6. The topological polar surface area (TPSA) is 78.3 Å². The van der Waals surface area contributed by atoms with Crippen molar-refractivity contribution in [1.29, 1.82) is 0 Å². The molecular formula is C16H18N4O3. The van der Waals surface area contributed by atoms with E-state index < -0.39 is 6.10 Å². The number of nitrogens with zero attached hydrogens (tertiary/aromatic N) is 3. The molecule has 2 aliphatic heterocycles. The predicted molar refractivity (Wildman–Crippen MR) is 81.3 cm³/mol. The molecule has 0 radical (unpaired) electrons. The Hall–Kier alpha value is -2.57. The van der Waals surface area contributed by atoms with Gasteiger partial charge < -0.3 is 19.4 Å². The Balaban J connectivity index is 1.44. The molecule has 1 N–H and O–H groups in total. The molecule has 0 saturated carbocycles. The van der Waals surface area contributed by atoms with E-state index in [9.17, 15) is 4.79 Å². The maximum absolute atomic E-state index is 12.4. The second-order valence-electron chi connectivity index (χ2n) is 5.82. The molecule has 0 unspecified atom stereocenters. The normalized spacial score (nSPS) is 20.0. The van der Waals surface area contributed by atoms with Gasteiger partial charge in [0.25, 0.3) is 5.91 Å². The first kappa shape index (κ1) is 14.0. The van der Waals surface area contributed by atoms with Gasteiger partial charge in [0, 0.05) is 13.0 Å². The Bertz CT molecular complexity index is 743. The molecule has 0 aliphatic carbocycles. The van der Waals surface area contributed by atoms with E-state index in [1.807, 2.05) is 25.1 Å². The van der Waals surface area contributed by atoms with E-state index in [0.29, 0.717) is 11.5 Å². The van der Waals surface area contributed by atoms with Gasteiger partial charge in [-0.05, 0) is 25.5 Å². The summed E-state index contributed by atoms with van der Waals surface area (Å²) in [6.07, 6.45) is 1.37. The molecular weight excluding hydrogens is 296 g/mol. The molecule has 0 bridgehead atoms. The maximum atomic E-state index is 12.4. The van der Waals surface area contributed by atoms with Crippen LogP contribution in [0.25, 0.3) is 0 Å². The lowest BCUT2D eigenvalue weighted by Gasteiger charge is -2.26.